The number of rotatable bonds is 4. The molecule has 0 bridgehead atoms. The molecule has 2 aromatic carbocycles. The van der Waals surface area contributed by atoms with E-state index in [0.29, 0.717) is 36.9 Å². The fraction of sp³-hybridized carbons (Fsp3) is 0.150. The Balaban J connectivity index is 1.84. The van der Waals surface area contributed by atoms with E-state index in [1.807, 2.05) is 0 Å². The predicted octanol–water partition coefficient (Wildman–Crippen LogP) is 5.33. The van der Waals surface area contributed by atoms with Crippen LogP contribution in [0.15, 0.2) is 55.2 Å². The highest BCUT2D eigenvalue weighted by Crippen LogP contribution is 2.37. The van der Waals surface area contributed by atoms with Crippen molar-refractivity contribution in [3.8, 4) is 5.75 Å². The number of phenols is 1. The zero-order valence-corrected chi connectivity index (χ0v) is 19.5. The number of likely N-dealkylation sites (N-methyl/N-ethyl adjacent to an activating group) is 1. The van der Waals surface area contributed by atoms with E-state index in [2.05, 4.69) is 36.9 Å². The highest BCUT2D eigenvalue weighted by Gasteiger charge is 2.30. The van der Waals surface area contributed by atoms with Gasteiger partial charge in [0.15, 0.2) is 5.17 Å². The zero-order valence-electron chi connectivity index (χ0n) is 15.5. The Bertz CT molecular complexity index is 1010. The first kappa shape index (κ1) is 21.6. The number of thioether (sulfide) groups is 1. The first-order chi connectivity index (χ1) is 13.8. The number of hydrogen-bond donors (Lipinski definition) is 1. The van der Waals surface area contributed by atoms with Gasteiger partial charge in [-0.05, 0) is 98.6 Å². The third-order valence-electron chi connectivity index (χ3n) is 3.94. The van der Waals surface area contributed by atoms with Crippen LogP contribution in [0, 0.1) is 0 Å². The number of hydrogen-bond acceptors (Lipinski definition) is 6. The molecule has 1 amide bonds. The number of esters is 1. The molecule has 0 aromatic heterocycles. The minimum atomic E-state index is -0.384. The Hall–Kier alpha value is -2.10. The number of aliphatic imine (C=N–C) groups is 1. The summed E-state index contributed by atoms with van der Waals surface area (Å²) in [5.74, 6) is -0.453. The minimum Gasteiger partial charge on any atom is -0.506 e. The Kier molecular flexibility index (Phi) is 6.81. The van der Waals surface area contributed by atoms with Crippen LogP contribution in [0.25, 0.3) is 6.08 Å². The standard InChI is InChI=1S/C20H16Br2N2O4S/c1-3-28-19(27)12-4-6-13(7-5-12)23-20-24(2)18(26)16(29-20)10-11-8-14(21)17(25)15(22)9-11/h4-10,25H,3H2,1-2H3/b16-10-,23-20?. The Labute approximate surface area is 188 Å². The third kappa shape index (κ3) is 4.91. The van der Waals surface area contributed by atoms with Gasteiger partial charge in [0.05, 0.1) is 31.7 Å². The summed E-state index contributed by atoms with van der Waals surface area (Å²) in [7, 11) is 1.66. The molecule has 0 spiro atoms. The van der Waals surface area contributed by atoms with E-state index in [1.54, 1.807) is 56.4 Å². The third-order valence-corrected chi connectivity index (χ3v) is 6.21. The first-order valence-corrected chi connectivity index (χ1v) is 10.9. The number of phenolic OH excluding ortho intramolecular Hbond substituents is 1. The molecule has 0 radical (unpaired) electrons. The van der Waals surface area contributed by atoms with Crippen LogP contribution >= 0.6 is 43.6 Å². The van der Waals surface area contributed by atoms with Crippen molar-refractivity contribution in [2.45, 2.75) is 6.92 Å². The van der Waals surface area contributed by atoms with Crippen LogP contribution in [0.1, 0.15) is 22.8 Å². The summed E-state index contributed by atoms with van der Waals surface area (Å²) < 4.78 is 6.02. The van der Waals surface area contributed by atoms with E-state index < -0.39 is 0 Å². The normalized spacial score (nSPS) is 16.7. The molecule has 0 saturated carbocycles. The number of amidine groups is 1. The van der Waals surface area contributed by atoms with Gasteiger partial charge in [0.1, 0.15) is 5.75 Å². The molecular weight excluding hydrogens is 524 g/mol. The van der Waals surface area contributed by atoms with Crippen LogP contribution in [0.2, 0.25) is 0 Å². The van der Waals surface area contributed by atoms with Crippen molar-refractivity contribution in [3.05, 3.63) is 61.4 Å². The second kappa shape index (κ2) is 9.15. The van der Waals surface area contributed by atoms with Crippen molar-refractivity contribution in [1.29, 1.82) is 0 Å². The molecule has 0 unspecified atom stereocenters. The fourth-order valence-electron chi connectivity index (χ4n) is 2.47. The minimum absolute atomic E-state index is 0.100. The fourth-order valence-corrected chi connectivity index (χ4v) is 4.68. The van der Waals surface area contributed by atoms with E-state index in [1.165, 1.54) is 16.7 Å². The maximum atomic E-state index is 12.6. The monoisotopic (exact) mass is 538 g/mol. The molecule has 1 heterocycles. The highest BCUT2D eigenvalue weighted by molar-refractivity contribution is 9.11. The summed E-state index contributed by atoms with van der Waals surface area (Å²) in [6.07, 6.45) is 1.74. The van der Waals surface area contributed by atoms with E-state index >= 15 is 0 Å². The van der Waals surface area contributed by atoms with E-state index in [0.717, 1.165) is 5.56 Å². The van der Waals surface area contributed by atoms with Gasteiger partial charge in [-0.1, -0.05) is 0 Å². The van der Waals surface area contributed by atoms with Crippen LogP contribution in [-0.2, 0) is 9.53 Å². The van der Waals surface area contributed by atoms with Crippen LogP contribution in [-0.4, -0.2) is 40.7 Å². The summed E-state index contributed by atoms with van der Waals surface area (Å²) in [6, 6.07) is 10.1. The average molecular weight is 540 g/mol. The second-order valence-corrected chi connectivity index (χ2v) is 8.69. The van der Waals surface area contributed by atoms with Crippen molar-refractivity contribution in [3.63, 3.8) is 0 Å². The van der Waals surface area contributed by atoms with E-state index in [4.69, 9.17) is 4.74 Å². The van der Waals surface area contributed by atoms with Crippen LogP contribution in [0.4, 0.5) is 5.69 Å². The van der Waals surface area contributed by atoms with Crippen LogP contribution < -0.4 is 0 Å². The number of amides is 1. The number of nitrogens with zero attached hydrogens (tertiary/aromatic N) is 2. The SMILES string of the molecule is CCOC(=O)c1ccc(N=C2S/C(=C\c3cc(Br)c(O)c(Br)c3)C(=O)N2C)cc1. The Morgan fingerprint density at radius 3 is 2.45 bits per heavy atom. The van der Waals surface area contributed by atoms with Crippen LogP contribution in [0.5, 0.6) is 5.75 Å². The van der Waals surface area contributed by atoms with Gasteiger partial charge >= 0.3 is 5.97 Å². The lowest BCUT2D eigenvalue weighted by Crippen LogP contribution is -2.23. The van der Waals surface area contributed by atoms with Gasteiger partial charge in [0.2, 0.25) is 0 Å². The highest BCUT2D eigenvalue weighted by atomic mass is 79.9. The molecule has 29 heavy (non-hydrogen) atoms. The van der Waals surface area contributed by atoms with Gasteiger partial charge in [-0.15, -0.1) is 0 Å². The van der Waals surface area contributed by atoms with Crippen molar-refractivity contribution in [1.82, 2.24) is 4.90 Å². The largest absolute Gasteiger partial charge is 0.506 e. The summed E-state index contributed by atoms with van der Waals surface area (Å²) in [5.41, 5.74) is 1.82. The molecule has 1 aliphatic heterocycles. The number of ether oxygens (including phenoxy) is 1. The lowest BCUT2D eigenvalue weighted by molar-refractivity contribution is -0.121. The number of halogens is 2. The van der Waals surface area contributed by atoms with Crippen molar-refractivity contribution in [2.24, 2.45) is 4.99 Å². The molecule has 6 nitrogen and oxygen atoms in total. The summed E-state index contributed by atoms with van der Waals surface area (Å²) in [5, 5.41) is 10.4. The van der Waals surface area contributed by atoms with Crippen LogP contribution in [0.3, 0.4) is 0 Å². The van der Waals surface area contributed by atoms with Gasteiger partial charge in [0, 0.05) is 7.05 Å². The predicted molar refractivity (Wildman–Crippen MR) is 121 cm³/mol. The van der Waals surface area contributed by atoms with Gasteiger partial charge in [0.25, 0.3) is 5.91 Å². The average Bonchev–Trinajstić information content (AvgIpc) is 2.94. The quantitative estimate of drug-likeness (QED) is 0.419. The van der Waals surface area contributed by atoms with Gasteiger partial charge < -0.3 is 9.84 Å². The lowest BCUT2D eigenvalue weighted by atomic mass is 10.2. The number of benzene rings is 2. The molecule has 1 aliphatic rings. The van der Waals surface area contributed by atoms with Gasteiger partial charge in [-0.25, -0.2) is 9.79 Å². The lowest BCUT2D eigenvalue weighted by Gasteiger charge is -2.07. The number of carbonyl (C=O) groups is 2. The maximum absolute atomic E-state index is 12.6. The molecule has 0 atom stereocenters. The Morgan fingerprint density at radius 2 is 1.86 bits per heavy atom. The van der Waals surface area contributed by atoms with Crippen molar-refractivity contribution in [2.75, 3.05) is 13.7 Å². The summed E-state index contributed by atoms with van der Waals surface area (Å²) >= 11 is 7.83. The molecule has 2 aromatic rings. The van der Waals surface area contributed by atoms with Gasteiger partial charge in [-0.2, -0.15) is 0 Å². The number of aromatic hydroxyl groups is 1. The molecular formula is C20H16Br2N2O4S. The summed E-state index contributed by atoms with van der Waals surface area (Å²) in [4.78, 5) is 30.8. The second-order valence-electron chi connectivity index (χ2n) is 5.97. The molecule has 1 N–H and O–H groups in total. The van der Waals surface area contributed by atoms with Crippen molar-refractivity contribution >= 4 is 72.4 Å². The zero-order chi connectivity index (χ0) is 21.1. The molecule has 150 valence electrons. The molecule has 1 fully saturated rings. The molecule has 0 aliphatic carbocycles. The smallest absolute Gasteiger partial charge is 0.338 e. The number of carbonyl (C=O) groups excluding carboxylic acids is 2. The summed E-state index contributed by atoms with van der Waals surface area (Å²) in [6.45, 7) is 2.07. The van der Waals surface area contributed by atoms with Crippen molar-refractivity contribution < 1.29 is 19.4 Å². The topological polar surface area (TPSA) is 79.2 Å². The Morgan fingerprint density at radius 1 is 1.24 bits per heavy atom. The van der Waals surface area contributed by atoms with Gasteiger partial charge in [-0.3, -0.25) is 9.69 Å². The molecule has 1 saturated heterocycles. The molecule has 3 rings (SSSR count). The maximum Gasteiger partial charge on any atom is 0.338 e. The van der Waals surface area contributed by atoms with E-state index in [9.17, 15) is 14.7 Å². The van der Waals surface area contributed by atoms with E-state index in [-0.39, 0.29) is 17.6 Å². The first-order valence-electron chi connectivity index (χ1n) is 8.51. The molecule has 9 heteroatoms.